The Balaban J connectivity index is 1.96. The fraction of sp³-hybridized carbons (Fsp3) is 0.100. The third kappa shape index (κ3) is 6.10. The van der Waals surface area contributed by atoms with Crippen molar-refractivity contribution in [2.45, 2.75) is 6.92 Å². The number of hydrogen-bond acceptors (Lipinski definition) is 5. The molecule has 0 radical (unpaired) electrons. The molecule has 0 fully saturated rings. The third-order valence-corrected chi connectivity index (χ3v) is 3.66. The quantitative estimate of drug-likeness (QED) is 0.356. The first-order valence-corrected chi connectivity index (χ1v) is 8.22. The molecule has 0 unspecified atom stereocenters. The first kappa shape index (κ1) is 19.9. The van der Waals surface area contributed by atoms with Gasteiger partial charge in [-0.05, 0) is 42.8 Å². The van der Waals surface area contributed by atoms with Crippen molar-refractivity contribution < 1.29 is 19.1 Å². The molecule has 6 nitrogen and oxygen atoms in total. The summed E-state index contributed by atoms with van der Waals surface area (Å²) >= 11 is 5.78. The molecule has 2 aromatic rings. The van der Waals surface area contributed by atoms with E-state index in [2.05, 4.69) is 5.32 Å². The van der Waals surface area contributed by atoms with E-state index in [1.807, 2.05) is 0 Å². The molecule has 1 N–H and O–H groups in total. The molecule has 7 heteroatoms. The van der Waals surface area contributed by atoms with Crippen LogP contribution in [0.1, 0.15) is 22.8 Å². The number of benzene rings is 2. The Labute approximate surface area is 161 Å². The second-order valence-electron chi connectivity index (χ2n) is 5.48. The number of rotatable bonds is 6. The summed E-state index contributed by atoms with van der Waals surface area (Å²) in [5.74, 6) is -1.64. The van der Waals surface area contributed by atoms with Crippen LogP contribution < -0.4 is 5.32 Å². The van der Waals surface area contributed by atoms with Gasteiger partial charge < -0.3 is 10.1 Å². The van der Waals surface area contributed by atoms with E-state index in [0.29, 0.717) is 21.8 Å². The van der Waals surface area contributed by atoms with Crippen molar-refractivity contribution in [2.24, 2.45) is 0 Å². The van der Waals surface area contributed by atoms with E-state index in [4.69, 9.17) is 21.6 Å². The summed E-state index contributed by atoms with van der Waals surface area (Å²) in [5, 5.41) is 12.2. The molecule has 0 saturated carbocycles. The Hall–Kier alpha value is -3.43. The molecule has 2 rings (SSSR count). The average Bonchev–Trinajstić information content (AvgIpc) is 2.65. The van der Waals surface area contributed by atoms with Crippen molar-refractivity contribution >= 4 is 41.0 Å². The van der Waals surface area contributed by atoms with Gasteiger partial charge in [0, 0.05) is 16.3 Å². The van der Waals surface area contributed by atoms with Gasteiger partial charge in [0.1, 0.15) is 11.6 Å². The van der Waals surface area contributed by atoms with Gasteiger partial charge in [-0.25, -0.2) is 4.79 Å². The molecular formula is C20H15ClN2O4. The van der Waals surface area contributed by atoms with Gasteiger partial charge >= 0.3 is 5.97 Å². The summed E-state index contributed by atoms with van der Waals surface area (Å²) < 4.78 is 4.87. The summed E-state index contributed by atoms with van der Waals surface area (Å²) in [6.07, 6.45) is 1.34. The van der Waals surface area contributed by atoms with E-state index < -0.39 is 18.5 Å². The fourth-order valence-corrected chi connectivity index (χ4v) is 2.21. The van der Waals surface area contributed by atoms with E-state index in [1.54, 1.807) is 48.5 Å². The molecule has 1 amide bonds. The van der Waals surface area contributed by atoms with E-state index >= 15 is 0 Å². The maximum atomic E-state index is 12.0. The SMILES string of the molecule is CC(=O)c1cccc(NC(=O)COC(=O)/C(C#N)=C\c2ccc(Cl)cc2)c1. The standard InChI is InChI=1S/C20H15ClN2O4/c1-13(24)15-3-2-4-18(10-15)23-19(25)12-27-20(26)16(11-22)9-14-5-7-17(21)8-6-14/h2-10H,12H2,1H3,(H,23,25)/b16-9-. The predicted octanol–water partition coefficient (Wildman–Crippen LogP) is 3.63. The van der Waals surface area contributed by atoms with Crippen LogP contribution in [0, 0.1) is 11.3 Å². The number of nitriles is 1. The number of anilines is 1. The zero-order valence-electron chi connectivity index (χ0n) is 14.4. The molecule has 0 aromatic heterocycles. The summed E-state index contributed by atoms with van der Waals surface area (Å²) in [4.78, 5) is 35.2. The normalized spacial score (nSPS) is 10.6. The number of halogens is 1. The molecule has 27 heavy (non-hydrogen) atoms. The number of Topliss-reactive ketones (excluding diaryl/α,β-unsaturated/α-hetero) is 1. The van der Waals surface area contributed by atoms with E-state index in [9.17, 15) is 14.4 Å². The summed E-state index contributed by atoms with van der Waals surface area (Å²) in [6.45, 7) is 0.849. The number of carbonyl (C=O) groups excluding carboxylic acids is 3. The molecule has 0 saturated heterocycles. The molecule has 0 heterocycles. The number of amides is 1. The highest BCUT2D eigenvalue weighted by atomic mass is 35.5. The van der Waals surface area contributed by atoms with Gasteiger partial charge in [-0.3, -0.25) is 9.59 Å². The van der Waals surface area contributed by atoms with Crippen LogP contribution in [-0.4, -0.2) is 24.3 Å². The van der Waals surface area contributed by atoms with Crippen LogP contribution in [0.4, 0.5) is 5.69 Å². The summed E-state index contributed by atoms with van der Waals surface area (Å²) in [6, 6.07) is 14.6. The Bertz CT molecular complexity index is 943. The lowest BCUT2D eigenvalue weighted by Gasteiger charge is -2.07. The van der Waals surface area contributed by atoms with Crippen molar-refractivity contribution in [3.63, 3.8) is 0 Å². The Morgan fingerprint density at radius 3 is 2.52 bits per heavy atom. The largest absolute Gasteiger partial charge is 0.451 e. The third-order valence-electron chi connectivity index (χ3n) is 3.41. The smallest absolute Gasteiger partial charge is 0.349 e. The zero-order valence-corrected chi connectivity index (χ0v) is 15.1. The fourth-order valence-electron chi connectivity index (χ4n) is 2.08. The number of esters is 1. The van der Waals surface area contributed by atoms with Gasteiger partial charge in [-0.15, -0.1) is 0 Å². The van der Waals surface area contributed by atoms with Gasteiger partial charge in [0.2, 0.25) is 0 Å². The molecule has 0 atom stereocenters. The number of hydrogen-bond donors (Lipinski definition) is 1. The maximum absolute atomic E-state index is 12.0. The van der Waals surface area contributed by atoms with Crippen molar-refractivity contribution in [2.75, 3.05) is 11.9 Å². The van der Waals surface area contributed by atoms with E-state index in [0.717, 1.165) is 0 Å². The summed E-state index contributed by atoms with van der Waals surface area (Å²) in [5.41, 5.74) is 1.20. The lowest BCUT2D eigenvalue weighted by molar-refractivity contribution is -0.142. The Morgan fingerprint density at radius 1 is 1.19 bits per heavy atom. The van der Waals surface area contributed by atoms with Gasteiger partial charge in [-0.1, -0.05) is 35.9 Å². The topological polar surface area (TPSA) is 96.3 Å². The Kier molecular flexibility index (Phi) is 6.86. The van der Waals surface area contributed by atoms with Gasteiger partial charge in [0.15, 0.2) is 12.4 Å². The van der Waals surface area contributed by atoms with Crippen LogP contribution in [0.25, 0.3) is 6.08 Å². The highest BCUT2D eigenvalue weighted by Gasteiger charge is 2.13. The van der Waals surface area contributed by atoms with Crippen molar-refractivity contribution in [1.82, 2.24) is 0 Å². The van der Waals surface area contributed by atoms with Gasteiger partial charge in [0.05, 0.1) is 0 Å². The Morgan fingerprint density at radius 2 is 1.89 bits per heavy atom. The van der Waals surface area contributed by atoms with Gasteiger partial charge in [-0.2, -0.15) is 5.26 Å². The van der Waals surface area contributed by atoms with Crippen LogP contribution in [0.5, 0.6) is 0 Å². The predicted molar refractivity (Wildman–Crippen MR) is 101 cm³/mol. The van der Waals surface area contributed by atoms with Crippen molar-refractivity contribution in [1.29, 1.82) is 5.26 Å². The number of carbonyl (C=O) groups is 3. The first-order chi connectivity index (χ1) is 12.9. The zero-order chi connectivity index (χ0) is 19.8. The van der Waals surface area contributed by atoms with Crippen molar-refractivity contribution in [3.8, 4) is 6.07 Å². The number of nitrogens with zero attached hydrogens (tertiary/aromatic N) is 1. The van der Waals surface area contributed by atoms with Crippen LogP contribution in [-0.2, 0) is 14.3 Å². The first-order valence-electron chi connectivity index (χ1n) is 7.84. The highest BCUT2D eigenvalue weighted by Crippen LogP contribution is 2.14. The van der Waals surface area contributed by atoms with Crippen LogP contribution >= 0.6 is 11.6 Å². The lowest BCUT2D eigenvalue weighted by atomic mass is 10.1. The minimum atomic E-state index is -0.917. The number of ketones is 1. The number of nitrogens with one attached hydrogen (secondary N) is 1. The molecule has 0 spiro atoms. The minimum Gasteiger partial charge on any atom is -0.451 e. The number of ether oxygens (including phenoxy) is 1. The average molecular weight is 383 g/mol. The molecule has 0 aliphatic carbocycles. The van der Waals surface area contributed by atoms with Crippen LogP contribution in [0.3, 0.4) is 0 Å². The molecule has 136 valence electrons. The second kappa shape index (κ2) is 9.32. The second-order valence-corrected chi connectivity index (χ2v) is 5.92. The molecule has 0 bridgehead atoms. The van der Waals surface area contributed by atoms with Crippen LogP contribution in [0.15, 0.2) is 54.1 Å². The maximum Gasteiger partial charge on any atom is 0.349 e. The molecule has 0 aliphatic rings. The summed E-state index contributed by atoms with van der Waals surface area (Å²) in [7, 11) is 0. The van der Waals surface area contributed by atoms with E-state index in [-0.39, 0.29) is 11.4 Å². The van der Waals surface area contributed by atoms with Crippen LogP contribution in [0.2, 0.25) is 5.02 Å². The lowest BCUT2D eigenvalue weighted by Crippen LogP contribution is -2.21. The van der Waals surface area contributed by atoms with Gasteiger partial charge in [0.25, 0.3) is 5.91 Å². The minimum absolute atomic E-state index is 0.136. The highest BCUT2D eigenvalue weighted by molar-refractivity contribution is 6.30. The molecule has 0 aliphatic heterocycles. The monoisotopic (exact) mass is 382 g/mol. The van der Waals surface area contributed by atoms with E-state index in [1.165, 1.54) is 19.1 Å². The molecular weight excluding hydrogens is 368 g/mol. The molecule has 2 aromatic carbocycles. The van der Waals surface area contributed by atoms with Crippen molar-refractivity contribution in [3.05, 3.63) is 70.3 Å².